The first-order valence-corrected chi connectivity index (χ1v) is 11.1. The molecule has 6 nitrogen and oxygen atoms in total. The minimum absolute atomic E-state index is 0.0816. The molecule has 2 heterocycles. The lowest BCUT2D eigenvalue weighted by Crippen LogP contribution is -2.43. The number of imidazole rings is 1. The first-order chi connectivity index (χ1) is 15.1. The van der Waals surface area contributed by atoms with Gasteiger partial charge in [-0.25, -0.2) is 4.98 Å². The van der Waals surface area contributed by atoms with Gasteiger partial charge in [0.2, 0.25) is 5.91 Å². The van der Waals surface area contributed by atoms with Crippen LogP contribution in [0.1, 0.15) is 31.2 Å². The number of amides is 1. The predicted molar refractivity (Wildman–Crippen MR) is 123 cm³/mol. The van der Waals surface area contributed by atoms with Crippen molar-refractivity contribution >= 4 is 16.9 Å². The van der Waals surface area contributed by atoms with E-state index in [1.54, 1.807) is 7.11 Å². The molecule has 0 unspecified atom stereocenters. The van der Waals surface area contributed by atoms with Crippen LogP contribution in [0, 0.1) is 5.92 Å². The molecule has 1 aliphatic rings. The second-order valence-electron chi connectivity index (χ2n) is 8.38. The van der Waals surface area contributed by atoms with Crippen molar-refractivity contribution < 1.29 is 9.53 Å². The smallest absolute Gasteiger partial charge is 0.226 e. The number of fused-ring (bicyclic) bond motifs is 1. The summed E-state index contributed by atoms with van der Waals surface area (Å²) in [6, 6.07) is 16.5. The standard InChI is InChI=1S/C25H32N4O2/c1-4-27(2)25(30)20-8-7-15-28(17-20)18-24-26-22-9-5-6-10-23(22)29(24)16-19-11-13-21(31-3)14-12-19/h5-6,9-14,20H,4,7-8,15-18H2,1-3H3/t20-/m0/s1. The average molecular weight is 421 g/mol. The summed E-state index contributed by atoms with van der Waals surface area (Å²) in [5, 5.41) is 0. The molecule has 0 radical (unpaired) electrons. The Morgan fingerprint density at radius 2 is 1.94 bits per heavy atom. The Hall–Kier alpha value is -2.86. The number of ether oxygens (including phenoxy) is 1. The van der Waals surface area contributed by atoms with E-state index in [0.717, 1.165) is 68.2 Å². The molecular weight excluding hydrogens is 388 g/mol. The van der Waals surface area contributed by atoms with E-state index in [1.165, 1.54) is 5.56 Å². The predicted octanol–water partition coefficient (Wildman–Crippen LogP) is 3.78. The molecule has 1 aliphatic heterocycles. The highest BCUT2D eigenvalue weighted by atomic mass is 16.5. The Labute approximate surface area is 184 Å². The summed E-state index contributed by atoms with van der Waals surface area (Å²) in [6.45, 7) is 6.10. The minimum Gasteiger partial charge on any atom is -0.497 e. The maximum atomic E-state index is 12.7. The number of benzene rings is 2. The van der Waals surface area contributed by atoms with E-state index in [4.69, 9.17) is 9.72 Å². The number of carbonyl (C=O) groups excluding carboxylic acids is 1. The fourth-order valence-corrected chi connectivity index (χ4v) is 4.40. The average Bonchev–Trinajstić information content (AvgIpc) is 3.15. The number of aromatic nitrogens is 2. The molecule has 1 fully saturated rings. The van der Waals surface area contributed by atoms with Crippen LogP contribution in [-0.2, 0) is 17.9 Å². The first-order valence-electron chi connectivity index (χ1n) is 11.1. The van der Waals surface area contributed by atoms with Gasteiger partial charge in [0.15, 0.2) is 0 Å². The molecule has 1 atom stereocenters. The van der Waals surface area contributed by atoms with E-state index in [9.17, 15) is 4.79 Å². The molecule has 2 aromatic carbocycles. The van der Waals surface area contributed by atoms with Gasteiger partial charge in [-0.05, 0) is 56.1 Å². The number of nitrogens with zero attached hydrogens (tertiary/aromatic N) is 4. The summed E-state index contributed by atoms with van der Waals surface area (Å²) in [6.07, 6.45) is 2.02. The van der Waals surface area contributed by atoms with Crippen molar-refractivity contribution in [3.63, 3.8) is 0 Å². The number of methoxy groups -OCH3 is 1. The third-order valence-corrected chi connectivity index (χ3v) is 6.30. The van der Waals surface area contributed by atoms with Crippen LogP contribution in [0.3, 0.4) is 0 Å². The van der Waals surface area contributed by atoms with E-state index in [1.807, 2.05) is 37.1 Å². The van der Waals surface area contributed by atoms with Crippen LogP contribution in [0.4, 0.5) is 0 Å². The zero-order chi connectivity index (χ0) is 21.8. The van der Waals surface area contributed by atoms with Crippen molar-refractivity contribution in [2.24, 2.45) is 5.92 Å². The van der Waals surface area contributed by atoms with Crippen molar-refractivity contribution in [1.29, 1.82) is 0 Å². The van der Waals surface area contributed by atoms with Crippen LogP contribution in [0.2, 0.25) is 0 Å². The molecule has 0 aliphatic carbocycles. The van der Waals surface area contributed by atoms with Gasteiger partial charge in [-0.3, -0.25) is 9.69 Å². The molecule has 31 heavy (non-hydrogen) atoms. The zero-order valence-corrected chi connectivity index (χ0v) is 18.8. The van der Waals surface area contributed by atoms with Crippen LogP contribution >= 0.6 is 0 Å². The second kappa shape index (κ2) is 9.52. The van der Waals surface area contributed by atoms with Gasteiger partial charge in [-0.15, -0.1) is 0 Å². The highest BCUT2D eigenvalue weighted by Crippen LogP contribution is 2.24. The molecule has 0 N–H and O–H groups in total. The maximum absolute atomic E-state index is 12.7. The Morgan fingerprint density at radius 1 is 1.16 bits per heavy atom. The molecule has 4 rings (SSSR count). The van der Waals surface area contributed by atoms with Gasteiger partial charge in [0.05, 0.1) is 30.6 Å². The van der Waals surface area contributed by atoms with Crippen LogP contribution in [0.5, 0.6) is 5.75 Å². The van der Waals surface area contributed by atoms with E-state index in [0.29, 0.717) is 0 Å². The van der Waals surface area contributed by atoms with Gasteiger partial charge < -0.3 is 14.2 Å². The summed E-state index contributed by atoms with van der Waals surface area (Å²) in [4.78, 5) is 21.9. The van der Waals surface area contributed by atoms with Gasteiger partial charge >= 0.3 is 0 Å². The molecule has 164 valence electrons. The molecule has 6 heteroatoms. The molecule has 1 aromatic heterocycles. The summed E-state index contributed by atoms with van der Waals surface area (Å²) >= 11 is 0. The summed E-state index contributed by atoms with van der Waals surface area (Å²) in [5.41, 5.74) is 3.37. The lowest BCUT2D eigenvalue weighted by atomic mass is 9.96. The number of rotatable bonds is 7. The topological polar surface area (TPSA) is 50.6 Å². The lowest BCUT2D eigenvalue weighted by molar-refractivity contribution is -0.135. The van der Waals surface area contributed by atoms with Crippen molar-refractivity contribution in [2.45, 2.75) is 32.9 Å². The van der Waals surface area contributed by atoms with E-state index in [-0.39, 0.29) is 11.8 Å². The van der Waals surface area contributed by atoms with Crippen LogP contribution in [-0.4, -0.2) is 59.0 Å². The number of piperidine rings is 1. The Kier molecular flexibility index (Phi) is 6.56. The second-order valence-corrected chi connectivity index (χ2v) is 8.38. The first kappa shape index (κ1) is 21.4. The van der Waals surface area contributed by atoms with Crippen molar-refractivity contribution in [2.75, 3.05) is 33.8 Å². The molecular formula is C25H32N4O2. The number of para-hydroxylation sites is 2. The third kappa shape index (κ3) is 4.74. The number of hydrogen-bond donors (Lipinski definition) is 0. The summed E-state index contributed by atoms with van der Waals surface area (Å²) in [5.74, 6) is 2.26. The number of hydrogen-bond acceptors (Lipinski definition) is 4. The van der Waals surface area contributed by atoms with Crippen molar-refractivity contribution in [1.82, 2.24) is 19.4 Å². The molecule has 3 aromatic rings. The quantitative estimate of drug-likeness (QED) is 0.584. The SMILES string of the molecule is CCN(C)C(=O)[C@H]1CCCN(Cc2nc3ccccc3n2Cc2ccc(OC)cc2)C1. The minimum atomic E-state index is 0.0816. The highest BCUT2D eigenvalue weighted by molar-refractivity contribution is 5.79. The number of carbonyl (C=O) groups is 1. The Bertz CT molecular complexity index is 1030. The Balaban J connectivity index is 1.57. The monoisotopic (exact) mass is 420 g/mol. The maximum Gasteiger partial charge on any atom is 0.226 e. The molecule has 0 saturated carbocycles. The van der Waals surface area contributed by atoms with Crippen LogP contribution < -0.4 is 4.74 Å². The van der Waals surface area contributed by atoms with Gasteiger partial charge in [0.25, 0.3) is 0 Å². The molecule has 1 amide bonds. The van der Waals surface area contributed by atoms with E-state index in [2.05, 4.69) is 39.8 Å². The van der Waals surface area contributed by atoms with Crippen LogP contribution in [0.15, 0.2) is 48.5 Å². The van der Waals surface area contributed by atoms with Gasteiger partial charge in [0, 0.05) is 26.7 Å². The lowest BCUT2D eigenvalue weighted by Gasteiger charge is -2.33. The van der Waals surface area contributed by atoms with Crippen LogP contribution in [0.25, 0.3) is 11.0 Å². The molecule has 0 bridgehead atoms. The third-order valence-electron chi connectivity index (χ3n) is 6.30. The van der Waals surface area contributed by atoms with Gasteiger partial charge in [0.1, 0.15) is 11.6 Å². The van der Waals surface area contributed by atoms with E-state index < -0.39 is 0 Å². The summed E-state index contributed by atoms with van der Waals surface area (Å²) < 4.78 is 7.60. The van der Waals surface area contributed by atoms with Crippen molar-refractivity contribution in [3.05, 3.63) is 59.9 Å². The fourth-order valence-electron chi connectivity index (χ4n) is 4.40. The van der Waals surface area contributed by atoms with Gasteiger partial charge in [-0.1, -0.05) is 24.3 Å². The van der Waals surface area contributed by atoms with Crippen molar-refractivity contribution in [3.8, 4) is 5.75 Å². The largest absolute Gasteiger partial charge is 0.497 e. The van der Waals surface area contributed by atoms with Gasteiger partial charge in [-0.2, -0.15) is 0 Å². The molecule has 1 saturated heterocycles. The summed E-state index contributed by atoms with van der Waals surface area (Å²) in [7, 11) is 3.58. The zero-order valence-electron chi connectivity index (χ0n) is 18.8. The number of likely N-dealkylation sites (tertiary alicyclic amines) is 1. The Morgan fingerprint density at radius 3 is 2.68 bits per heavy atom. The highest BCUT2D eigenvalue weighted by Gasteiger charge is 2.28. The molecule has 0 spiro atoms. The fraction of sp³-hybridized carbons (Fsp3) is 0.440. The van der Waals surface area contributed by atoms with E-state index >= 15 is 0 Å². The normalized spacial score (nSPS) is 17.1.